The van der Waals surface area contributed by atoms with Gasteiger partial charge in [-0.15, -0.1) is 11.3 Å². The summed E-state index contributed by atoms with van der Waals surface area (Å²) in [7, 11) is 0. The summed E-state index contributed by atoms with van der Waals surface area (Å²) in [6.07, 6.45) is 6.56. The smallest absolute Gasteiger partial charge is 0.115 e. The first-order chi connectivity index (χ1) is 7.81. The van der Waals surface area contributed by atoms with Gasteiger partial charge >= 0.3 is 0 Å². The van der Waals surface area contributed by atoms with E-state index < -0.39 is 0 Å². The Morgan fingerprint density at radius 2 is 2.31 bits per heavy atom. The second-order valence-corrected chi connectivity index (χ2v) is 4.59. The molecule has 1 N–H and O–H groups in total. The van der Waals surface area contributed by atoms with E-state index in [9.17, 15) is 0 Å². The van der Waals surface area contributed by atoms with Crippen molar-refractivity contribution in [2.24, 2.45) is 0 Å². The molecule has 0 saturated carbocycles. The van der Waals surface area contributed by atoms with Gasteiger partial charge in [-0.2, -0.15) is 0 Å². The zero-order chi connectivity index (χ0) is 11.4. The van der Waals surface area contributed by atoms with E-state index in [1.54, 1.807) is 11.3 Å². The van der Waals surface area contributed by atoms with Crippen LogP contribution in [0, 0.1) is 6.92 Å². The summed E-state index contributed by atoms with van der Waals surface area (Å²) in [4.78, 5) is 8.44. The maximum absolute atomic E-state index is 4.35. The molecule has 16 heavy (non-hydrogen) atoms. The fraction of sp³-hybridized carbons (Fsp3) is 0.333. The number of rotatable bonds is 4. The number of nitrogens with one attached hydrogen (secondary N) is 1. The van der Waals surface area contributed by atoms with Crippen LogP contribution in [0.5, 0.6) is 0 Å². The second kappa shape index (κ2) is 5.07. The van der Waals surface area contributed by atoms with Crippen LogP contribution in [0.25, 0.3) is 0 Å². The quantitative estimate of drug-likeness (QED) is 0.879. The standard InChI is InChI=1S/C12H15N3S/c1-3-10(12-14-6-7-16-12)15-11-4-5-13-8-9(11)2/h4-8,10H,3H2,1-2H3,(H,13,15). The minimum Gasteiger partial charge on any atom is -0.376 e. The van der Waals surface area contributed by atoms with Gasteiger partial charge in [0, 0.05) is 29.7 Å². The Kier molecular flexibility index (Phi) is 3.51. The minimum atomic E-state index is 0.293. The molecule has 2 aromatic heterocycles. The fourth-order valence-corrected chi connectivity index (χ4v) is 2.34. The third-order valence-electron chi connectivity index (χ3n) is 2.51. The maximum atomic E-state index is 4.35. The van der Waals surface area contributed by atoms with E-state index in [0.717, 1.165) is 22.7 Å². The van der Waals surface area contributed by atoms with Crippen LogP contribution in [0.2, 0.25) is 0 Å². The van der Waals surface area contributed by atoms with E-state index in [4.69, 9.17) is 0 Å². The number of thiazole rings is 1. The highest BCUT2D eigenvalue weighted by molar-refractivity contribution is 7.09. The molecule has 0 aliphatic rings. The van der Waals surface area contributed by atoms with Gasteiger partial charge in [0.2, 0.25) is 0 Å². The van der Waals surface area contributed by atoms with E-state index in [1.165, 1.54) is 0 Å². The Bertz CT molecular complexity index is 439. The summed E-state index contributed by atoms with van der Waals surface area (Å²) >= 11 is 1.69. The Morgan fingerprint density at radius 3 is 2.94 bits per heavy atom. The number of aryl methyl sites for hydroxylation is 1. The van der Waals surface area contributed by atoms with E-state index in [1.807, 2.05) is 30.0 Å². The van der Waals surface area contributed by atoms with Crippen molar-refractivity contribution in [3.05, 3.63) is 40.6 Å². The van der Waals surface area contributed by atoms with Crippen molar-refractivity contribution in [2.45, 2.75) is 26.3 Å². The molecule has 1 unspecified atom stereocenters. The average molecular weight is 233 g/mol. The molecule has 1 atom stereocenters. The Hall–Kier alpha value is -1.42. The Balaban J connectivity index is 2.17. The number of hydrogen-bond acceptors (Lipinski definition) is 4. The van der Waals surface area contributed by atoms with Crippen LogP contribution in [-0.2, 0) is 0 Å². The minimum absolute atomic E-state index is 0.293. The number of hydrogen-bond donors (Lipinski definition) is 1. The van der Waals surface area contributed by atoms with Crippen LogP contribution in [-0.4, -0.2) is 9.97 Å². The molecular weight excluding hydrogens is 218 g/mol. The molecule has 2 aromatic rings. The predicted octanol–water partition coefficient (Wildman–Crippen LogP) is 3.41. The molecule has 0 aliphatic carbocycles. The normalized spacial score (nSPS) is 12.4. The van der Waals surface area contributed by atoms with Crippen LogP contribution >= 0.6 is 11.3 Å². The van der Waals surface area contributed by atoms with E-state index in [0.29, 0.717) is 6.04 Å². The van der Waals surface area contributed by atoms with Crippen molar-refractivity contribution in [1.29, 1.82) is 0 Å². The largest absolute Gasteiger partial charge is 0.376 e. The highest BCUT2D eigenvalue weighted by Gasteiger charge is 2.12. The van der Waals surface area contributed by atoms with Crippen LogP contribution in [0.15, 0.2) is 30.0 Å². The molecule has 0 spiro atoms. The molecule has 0 amide bonds. The predicted molar refractivity (Wildman–Crippen MR) is 67.7 cm³/mol. The topological polar surface area (TPSA) is 37.8 Å². The van der Waals surface area contributed by atoms with Crippen LogP contribution in [0.3, 0.4) is 0 Å². The van der Waals surface area contributed by atoms with Crippen LogP contribution < -0.4 is 5.32 Å². The van der Waals surface area contributed by atoms with Crippen molar-refractivity contribution in [3.63, 3.8) is 0 Å². The zero-order valence-corrected chi connectivity index (χ0v) is 10.3. The molecule has 0 radical (unpaired) electrons. The van der Waals surface area contributed by atoms with E-state index >= 15 is 0 Å². The molecule has 3 nitrogen and oxygen atoms in total. The lowest BCUT2D eigenvalue weighted by Crippen LogP contribution is -2.10. The summed E-state index contributed by atoms with van der Waals surface area (Å²) in [6.45, 7) is 4.22. The van der Waals surface area contributed by atoms with Crippen LogP contribution in [0.4, 0.5) is 5.69 Å². The third-order valence-corrected chi connectivity index (χ3v) is 3.40. The van der Waals surface area contributed by atoms with Crippen LogP contribution in [0.1, 0.15) is 30.0 Å². The molecule has 0 saturated heterocycles. The van der Waals surface area contributed by atoms with E-state index in [2.05, 4.69) is 29.1 Å². The first kappa shape index (κ1) is 11.1. The molecule has 2 heterocycles. The summed E-state index contributed by atoms with van der Waals surface area (Å²) < 4.78 is 0. The Morgan fingerprint density at radius 1 is 1.44 bits per heavy atom. The number of nitrogens with zero attached hydrogens (tertiary/aromatic N) is 2. The van der Waals surface area contributed by atoms with Gasteiger partial charge in [0.15, 0.2) is 0 Å². The van der Waals surface area contributed by atoms with Crippen molar-refractivity contribution in [1.82, 2.24) is 9.97 Å². The summed E-state index contributed by atoms with van der Waals surface area (Å²) in [5.41, 5.74) is 2.30. The third kappa shape index (κ3) is 2.39. The van der Waals surface area contributed by atoms with Crippen molar-refractivity contribution >= 4 is 17.0 Å². The van der Waals surface area contributed by atoms with Gasteiger partial charge in [-0.25, -0.2) is 4.98 Å². The lowest BCUT2D eigenvalue weighted by atomic mass is 10.2. The van der Waals surface area contributed by atoms with Gasteiger partial charge in [0.25, 0.3) is 0 Å². The fourth-order valence-electron chi connectivity index (χ4n) is 1.57. The highest BCUT2D eigenvalue weighted by atomic mass is 32.1. The van der Waals surface area contributed by atoms with Gasteiger partial charge in [0.05, 0.1) is 6.04 Å². The summed E-state index contributed by atoms with van der Waals surface area (Å²) in [6, 6.07) is 2.30. The monoisotopic (exact) mass is 233 g/mol. The highest BCUT2D eigenvalue weighted by Crippen LogP contribution is 2.25. The van der Waals surface area contributed by atoms with Gasteiger partial charge in [0.1, 0.15) is 5.01 Å². The molecule has 0 fully saturated rings. The van der Waals surface area contributed by atoms with Crippen molar-refractivity contribution in [2.75, 3.05) is 5.32 Å². The SMILES string of the molecule is CCC(Nc1ccncc1C)c1nccs1. The van der Waals surface area contributed by atoms with Crippen molar-refractivity contribution < 1.29 is 0 Å². The number of aromatic nitrogens is 2. The maximum Gasteiger partial charge on any atom is 0.115 e. The summed E-state index contributed by atoms with van der Waals surface area (Å²) in [5.74, 6) is 0. The number of pyridine rings is 1. The molecule has 0 aromatic carbocycles. The molecule has 0 bridgehead atoms. The average Bonchev–Trinajstić information content (AvgIpc) is 2.81. The van der Waals surface area contributed by atoms with Gasteiger partial charge in [-0.05, 0) is 25.0 Å². The zero-order valence-electron chi connectivity index (χ0n) is 9.47. The Labute approximate surface area is 99.6 Å². The van der Waals surface area contributed by atoms with Gasteiger partial charge in [-0.3, -0.25) is 4.98 Å². The molecular formula is C12H15N3S. The second-order valence-electron chi connectivity index (χ2n) is 3.67. The number of anilines is 1. The first-order valence-electron chi connectivity index (χ1n) is 5.37. The summed E-state index contributed by atoms with van der Waals surface area (Å²) in [5, 5.41) is 6.66. The first-order valence-corrected chi connectivity index (χ1v) is 6.25. The molecule has 0 aliphatic heterocycles. The molecule has 4 heteroatoms. The van der Waals surface area contributed by atoms with Crippen molar-refractivity contribution in [3.8, 4) is 0 Å². The van der Waals surface area contributed by atoms with Gasteiger partial charge in [-0.1, -0.05) is 6.92 Å². The lowest BCUT2D eigenvalue weighted by Gasteiger charge is -2.17. The lowest BCUT2D eigenvalue weighted by molar-refractivity contribution is 0.741. The molecule has 84 valence electrons. The van der Waals surface area contributed by atoms with E-state index in [-0.39, 0.29) is 0 Å². The molecule has 2 rings (SSSR count). The van der Waals surface area contributed by atoms with Gasteiger partial charge < -0.3 is 5.32 Å².